The lowest BCUT2D eigenvalue weighted by molar-refractivity contribution is -0.305. The van der Waals surface area contributed by atoms with Crippen LogP contribution in [0, 0.1) is 18.2 Å². The van der Waals surface area contributed by atoms with Crippen LogP contribution in [0.25, 0.3) is 0 Å². The second-order valence-corrected chi connectivity index (χ2v) is 4.42. The van der Waals surface area contributed by atoms with E-state index in [9.17, 15) is 35.5 Å². The van der Waals surface area contributed by atoms with Crippen LogP contribution in [0.3, 0.4) is 0 Å². The SMILES string of the molecule is C=CC(C(=O)Nc1ccc(F)cc1C)(C(F)(F)F)C(F)(F)F. The van der Waals surface area contributed by atoms with E-state index >= 15 is 0 Å². The van der Waals surface area contributed by atoms with E-state index < -0.39 is 35.6 Å². The molecule has 0 aliphatic heterocycles. The molecule has 0 heterocycles. The standard InChI is InChI=1S/C13H10F7NO/c1-3-11(12(15,16)17,13(18,19)20)10(22)21-9-5-4-8(14)6-7(9)2/h3-6H,1H2,2H3,(H,21,22). The molecule has 1 rings (SSSR count). The van der Waals surface area contributed by atoms with Gasteiger partial charge in [-0.3, -0.25) is 4.79 Å². The molecule has 2 nitrogen and oxygen atoms in total. The molecule has 0 unspecified atom stereocenters. The second kappa shape index (κ2) is 5.62. The van der Waals surface area contributed by atoms with E-state index in [-0.39, 0.29) is 11.3 Å². The van der Waals surface area contributed by atoms with E-state index in [1.165, 1.54) is 12.2 Å². The predicted molar refractivity (Wildman–Crippen MR) is 64.5 cm³/mol. The molecular weight excluding hydrogens is 319 g/mol. The first-order valence-electron chi connectivity index (χ1n) is 5.71. The van der Waals surface area contributed by atoms with Gasteiger partial charge in [0, 0.05) is 5.69 Å². The van der Waals surface area contributed by atoms with Crippen molar-refractivity contribution in [2.75, 3.05) is 5.32 Å². The zero-order chi connectivity index (χ0) is 17.3. The average molecular weight is 329 g/mol. The van der Waals surface area contributed by atoms with Crippen molar-refractivity contribution in [2.24, 2.45) is 5.41 Å². The van der Waals surface area contributed by atoms with Crippen LogP contribution >= 0.6 is 0 Å². The maximum atomic E-state index is 12.9. The van der Waals surface area contributed by atoms with Crippen molar-refractivity contribution in [3.63, 3.8) is 0 Å². The topological polar surface area (TPSA) is 29.1 Å². The first-order valence-corrected chi connectivity index (χ1v) is 5.71. The van der Waals surface area contributed by atoms with Crippen molar-refractivity contribution in [3.05, 3.63) is 42.2 Å². The maximum absolute atomic E-state index is 12.9. The first kappa shape index (κ1) is 18.0. The number of benzene rings is 1. The summed E-state index contributed by atoms with van der Waals surface area (Å²) in [4.78, 5) is 11.7. The summed E-state index contributed by atoms with van der Waals surface area (Å²) >= 11 is 0. The van der Waals surface area contributed by atoms with Gasteiger partial charge in [0.2, 0.25) is 0 Å². The Balaban J connectivity index is 3.33. The molecule has 9 heteroatoms. The molecule has 122 valence electrons. The Kier molecular flexibility index (Phi) is 4.59. The first-order chi connectivity index (χ1) is 9.86. The number of carbonyl (C=O) groups excluding carboxylic acids is 1. The van der Waals surface area contributed by atoms with E-state index in [4.69, 9.17) is 0 Å². The lowest BCUT2D eigenvalue weighted by Crippen LogP contribution is -2.56. The Bertz CT molecular complexity index is 575. The van der Waals surface area contributed by atoms with E-state index in [0.29, 0.717) is 0 Å². The van der Waals surface area contributed by atoms with Gasteiger partial charge in [-0.25, -0.2) is 4.39 Å². The molecule has 0 saturated heterocycles. The molecule has 1 N–H and O–H groups in total. The molecular formula is C13H10F7NO. The van der Waals surface area contributed by atoms with Gasteiger partial charge in [-0.05, 0) is 30.7 Å². The summed E-state index contributed by atoms with van der Waals surface area (Å²) in [7, 11) is 0. The number of alkyl halides is 6. The van der Waals surface area contributed by atoms with Gasteiger partial charge in [-0.15, -0.1) is 6.58 Å². The van der Waals surface area contributed by atoms with Crippen LogP contribution < -0.4 is 5.32 Å². The highest BCUT2D eigenvalue weighted by Crippen LogP contribution is 2.51. The molecule has 0 fully saturated rings. The lowest BCUT2D eigenvalue weighted by atomic mass is 9.85. The highest BCUT2D eigenvalue weighted by atomic mass is 19.4. The number of rotatable bonds is 3. The van der Waals surface area contributed by atoms with Crippen LogP contribution in [0.4, 0.5) is 36.4 Å². The molecule has 0 aliphatic rings. The molecule has 1 aromatic carbocycles. The van der Waals surface area contributed by atoms with Crippen LogP contribution in [0.2, 0.25) is 0 Å². The summed E-state index contributed by atoms with van der Waals surface area (Å²) < 4.78 is 90.1. The Hall–Kier alpha value is -2.06. The van der Waals surface area contributed by atoms with Crippen molar-refractivity contribution < 1.29 is 35.5 Å². The molecule has 0 bridgehead atoms. The average Bonchev–Trinajstić information content (AvgIpc) is 2.30. The van der Waals surface area contributed by atoms with Crippen molar-refractivity contribution in [1.82, 2.24) is 0 Å². The number of hydrogen-bond acceptors (Lipinski definition) is 1. The normalized spacial score (nSPS) is 12.9. The van der Waals surface area contributed by atoms with E-state index in [1.54, 1.807) is 0 Å². The molecule has 22 heavy (non-hydrogen) atoms. The summed E-state index contributed by atoms with van der Waals surface area (Å²) in [5, 5.41) is 1.53. The van der Waals surface area contributed by atoms with Crippen LogP contribution in [-0.4, -0.2) is 18.3 Å². The van der Waals surface area contributed by atoms with Gasteiger partial charge in [0.05, 0.1) is 0 Å². The van der Waals surface area contributed by atoms with Crippen molar-refractivity contribution in [2.45, 2.75) is 19.3 Å². The van der Waals surface area contributed by atoms with Crippen LogP contribution in [0.1, 0.15) is 5.56 Å². The maximum Gasteiger partial charge on any atom is 0.415 e. The van der Waals surface area contributed by atoms with Crippen LogP contribution in [0.5, 0.6) is 0 Å². The predicted octanol–water partition coefficient (Wildman–Crippen LogP) is 4.37. The highest BCUT2D eigenvalue weighted by Gasteiger charge is 2.73. The molecule has 1 amide bonds. The summed E-state index contributed by atoms with van der Waals surface area (Å²) in [5.41, 5.74) is -5.16. The molecule has 0 radical (unpaired) electrons. The third-order valence-corrected chi connectivity index (χ3v) is 3.00. The van der Waals surface area contributed by atoms with Gasteiger partial charge in [-0.2, -0.15) is 26.3 Å². The minimum absolute atomic E-state index is 0.0318. The quantitative estimate of drug-likeness (QED) is 0.647. The van der Waals surface area contributed by atoms with Crippen LogP contribution in [-0.2, 0) is 4.79 Å². The van der Waals surface area contributed by atoms with E-state index in [2.05, 4.69) is 6.58 Å². The number of aryl methyl sites for hydroxylation is 1. The monoisotopic (exact) mass is 329 g/mol. The summed E-state index contributed by atoms with van der Waals surface area (Å²) in [6.45, 7) is 3.72. The number of anilines is 1. The molecule has 0 aromatic heterocycles. The fourth-order valence-electron chi connectivity index (χ4n) is 1.73. The van der Waals surface area contributed by atoms with Gasteiger partial charge in [-0.1, -0.05) is 6.08 Å². The highest BCUT2D eigenvalue weighted by molar-refractivity contribution is 5.98. The lowest BCUT2D eigenvalue weighted by Gasteiger charge is -2.33. The fraction of sp³-hybridized carbons (Fsp3) is 0.308. The minimum Gasteiger partial charge on any atom is -0.324 e. The molecule has 0 spiro atoms. The van der Waals surface area contributed by atoms with Crippen LogP contribution in [0.15, 0.2) is 30.9 Å². The Morgan fingerprint density at radius 2 is 1.64 bits per heavy atom. The summed E-state index contributed by atoms with van der Waals surface area (Å²) in [6, 6.07) is 2.51. The Morgan fingerprint density at radius 1 is 1.14 bits per heavy atom. The van der Waals surface area contributed by atoms with Gasteiger partial charge in [0.15, 0.2) is 0 Å². The Morgan fingerprint density at radius 3 is 2.00 bits per heavy atom. The van der Waals surface area contributed by atoms with E-state index in [0.717, 1.165) is 18.2 Å². The van der Waals surface area contributed by atoms with E-state index in [1.807, 2.05) is 0 Å². The summed E-state index contributed by atoms with van der Waals surface area (Å²) in [6.07, 6.45) is -12.4. The molecule has 1 aromatic rings. The molecule has 0 saturated carbocycles. The van der Waals surface area contributed by atoms with Crippen molar-refractivity contribution >= 4 is 11.6 Å². The number of halogens is 7. The molecule has 0 atom stereocenters. The second-order valence-electron chi connectivity index (χ2n) is 4.42. The zero-order valence-corrected chi connectivity index (χ0v) is 11.1. The third kappa shape index (κ3) is 2.93. The zero-order valence-electron chi connectivity index (χ0n) is 11.1. The number of carbonyl (C=O) groups is 1. The molecule has 0 aliphatic carbocycles. The number of hydrogen-bond donors (Lipinski definition) is 1. The number of amides is 1. The summed E-state index contributed by atoms with van der Waals surface area (Å²) in [5.74, 6) is -3.12. The number of nitrogens with one attached hydrogen (secondary N) is 1. The van der Waals surface area contributed by atoms with Crippen molar-refractivity contribution in [3.8, 4) is 0 Å². The third-order valence-electron chi connectivity index (χ3n) is 3.00. The fourth-order valence-corrected chi connectivity index (χ4v) is 1.73. The van der Waals surface area contributed by atoms with Gasteiger partial charge in [0.1, 0.15) is 5.82 Å². The van der Waals surface area contributed by atoms with Gasteiger partial charge in [0.25, 0.3) is 11.3 Å². The minimum atomic E-state index is -5.94. The van der Waals surface area contributed by atoms with Gasteiger partial charge >= 0.3 is 12.4 Å². The van der Waals surface area contributed by atoms with Gasteiger partial charge < -0.3 is 5.32 Å². The van der Waals surface area contributed by atoms with Crippen molar-refractivity contribution in [1.29, 1.82) is 0 Å². The smallest absolute Gasteiger partial charge is 0.324 e. The Labute approximate surface area is 120 Å². The largest absolute Gasteiger partial charge is 0.415 e.